The van der Waals surface area contributed by atoms with Crippen LogP contribution in [0.4, 0.5) is 10.5 Å². The maximum absolute atomic E-state index is 12.2. The van der Waals surface area contributed by atoms with Crippen LogP contribution >= 0.6 is 35.3 Å². The molecule has 1 aromatic heterocycles. The van der Waals surface area contributed by atoms with Crippen LogP contribution in [-0.2, 0) is 13.1 Å². The van der Waals surface area contributed by atoms with E-state index in [0.717, 1.165) is 53.8 Å². The first-order valence-corrected chi connectivity index (χ1v) is 10.4. The van der Waals surface area contributed by atoms with Crippen molar-refractivity contribution in [1.29, 1.82) is 0 Å². The van der Waals surface area contributed by atoms with Gasteiger partial charge in [-0.15, -0.1) is 35.3 Å². The lowest BCUT2D eigenvalue weighted by molar-refractivity contribution is 0.222. The minimum absolute atomic E-state index is 0. The van der Waals surface area contributed by atoms with Gasteiger partial charge in [-0.2, -0.15) is 0 Å². The molecule has 1 fully saturated rings. The van der Waals surface area contributed by atoms with E-state index in [1.54, 1.807) is 18.4 Å². The second-order valence-corrected chi connectivity index (χ2v) is 8.14. The van der Waals surface area contributed by atoms with Crippen LogP contribution in [0.3, 0.4) is 0 Å². The lowest BCUT2D eigenvalue weighted by Gasteiger charge is -2.17. The van der Waals surface area contributed by atoms with Crippen LogP contribution in [0.5, 0.6) is 0 Å². The van der Waals surface area contributed by atoms with Gasteiger partial charge in [0, 0.05) is 37.2 Å². The Labute approximate surface area is 193 Å². The molecule has 1 aromatic carbocycles. The molecule has 158 valence electrons. The number of aliphatic imine (C=N–C) groups is 1. The van der Waals surface area contributed by atoms with Crippen molar-refractivity contribution < 1.29 is 4.79 Å². The van der Waals surface area contributed by atoms with E-state index in [2.05, 4.69) is 32.9 Å². The number of likely N-dealkylation sites (tertiary alicyclic amines) is 1. The molecule has 0 atom stereocenters. The van der Waals surface area contributed by atoms with Gasteiger partial charge in [-0.1, -0.05) is 12.1 Å². The normalized spacial score (nSPS) is 13.8. The highest BCUT2D eigenvalue weighted by molar-refractivity contribution is 14.0. The van der Waals surface area contributed by atoms with Crippen molar-refractivity contribution in [3.8, 4) is 0 Å². The summed E-state index contributed by atoms with van der Waals surface area (Å²) >= 11 is 1.70. The first-order chi connectivity index (χ1) is 13.5. The fourth-order valence-corrected chi connectivity index (χ4v) is 3.94. The number of aryl methyl sites for hydroxylation is 2. The summed E-state index contributed by atoms with van der Waals surface area (Å²) in [6.07, 6.45) is 2.17. The smallest absolute Gasteiger partial charge is 0.321 e. The summed E-state index contributed by atoms with van der Waals surface area (Å²) < 4.78 is 0. The predicted molar refractivity (Wildman–Crippen MR) is 130 cm³/mol. The maximum atomic E-state index is 12.2. The molecule has 2 amide bonds. The van der Waals surface area contributed by atoms with Crippen molar-refractivity contribution in [1.82, 2.24) is 20.5 Å². The number of nitrogens with zero attached hydrogens (tertiary/aromatic N) is 3. The number of aromatic nitrogens is 1. The Balaban J connectivity index is 0.00000300. The van der Waals surface area contributed by atoms with Crippen molar-refractivity contribution in [3.63, 3.8) is 0 Å². The quantitative estimate of drug-likeness (QED) is 0.313. The van der Waals surface area contributed by atoms with Gasteiger partial charge in [0.05, 0.1) is 12.2 Å². The van der Waals surface area contributed by atoms with Gasteiger partial charge in [0.25, 0.3) is 0 Å². The highest BCUT2D eigenvalue weighted by Crippen LogP contribution is 2.16. The molecule has 0 saturated carbocycles. The van der Waals surface area contributed by atoms with E-state index in [0.29, 0.717) is 13.1 Å². The summed E-state index contributed by atoms with van der Waals surface area (Å²) in [4.78, 5) is 24.2. The number of carbonyl (C=O) groups is 1. The van der Waals surface area contributed by atoms with Crippen molar-refractivity contribution in [2.45, 2.75) is 39.8 Å². The van der Waals surface area contributed by atoms with Gasteiger partial charge >= 0.3 is 6.03 Å². The fraction of sp³-hybridized carbons (Fsp3) is 0.450. The molecule has 7 nitrogen and oxygen atoms in total. The van der Waals surface area contributed by atoms with Crippen molar-refractivity contribution >= 4 is 53.0 Å². The molecule has 0 bridgehead atoms. The SMILES string of the molecule is CN=C(NCc1cccc(NC(=O)N2CCCC2)c1)NCc1nc(C)c(C)s1.I. The minimum Gasteiger partial charge on any atom is -0.352 e. The number of hydrogen-bond acceptors (Lipinski definition) is 4. The number of thiazole rings is 1. The number of urea groups is 1. The average Bonchev–Trinajstić information content (AvgIpc) is 3.33. The lowest BCUT2D eigenvalue weighted by Crippen LogP contribution is -2.36. The van der Waals surface area contributed by atoms with Gasteiger partial charge in [-0.25, -0.2) is 9.78 Å². The molecule has 1 aliphatic rings. The predicted octanol–water partition coefficient (Wildman–Crippen LogP) is 3.87. The zero-order valence-corrected chi connectivity index (χ0v) is 20.3. The Kier molecular flexibility index (Phi) is 9.15. The molecule has 1 aliphatic heterocycles. The summed E-state index contributed by atoms with van der Waals surface area (Å²) in [7, 11) is 1.75. The number of benzene rings is 1. The van der Waals surface area contributed by atoms with Crippen LogP contribution < -0.4 is 16.0 Å². The highest BCUT2D eigenvalue weighted by atomic mass is 127. The first kappa shape index (κ1) is 23.4. The summed E-state index contributed by atoms with van der Waals surface area (Å²) in [6.45, 7) is 7.05. The Morgan fingerprint density at radius 1 is 1.21 bits per heavy atom. The van der Waals surface area contributed by atoms with Crippen LogP contribution in [0.15, 0.2) is 29.3 Å². The maximum Gasteiger partial charge on any atom is 0.321 e. The molecule has 9 heteroatoms. The Bertz CT molecular complexity index is 828. The van der Waals surface area contributed by atoms with E-state index in [-0.39, 0.29) is 30.0 Å². The van der Waals surface area contributed by atoms with E-state index >= 15 is 0 Å². The monoisotopic (exact) mass is 528 g/mol. The topological polar surface area (TPSA) is 81.7 Å². The molecule has 3 rings (SSSR count). The van der Waals surface area contributed by atoms with Crippen molar-refractivity contribution in [3.05, 3.63) is 45.4 Å². The third kappa shape index (κ3) is 6.84. The Hall–Kier alpha value is -1.88. The standard InChI is InChI=1S/C20H28N6OS.HI/c1-14-15(2)28-18(24-14)13-23-19(21-3)22-12-16-7-6-8-17(11-16)25-20(27)26-9-4-5-10-26;/h6-8,11H,4-5,9-10,12-13H2,1-3H3,(H,25,27)(H2,21,22,23);1H. The summed E-state index contributed by atoms with van der Waals surface area (Å²) in [5, 5.41) is 10.6. The molecule has 0 spiro atoms. The fourth-order valence-electron chi connectivity index (χ4n) is 3.06. The van der Waals surface area contributed by atoms with E-state index in [4.69, 9.17) is 0 Å². The van der Waals surface area contributed by atoms with Gasteiger partial charge in [0.1, 0.15) is 5.01 Å². The van der Waals surface area contributed by atoms with E-state index in [9.17, 15) is 4.79 Å². The largest absolute Gasteiger partial charge is 0.352 e. The summed E-state index contributed by atoms with van der Waals surface area (Å²) in [6, 6.07) is 7.86. The van der Waals surface area contributed by atoms with Crippen LogP contribution in [0.1, 0.15) is 34.0 Å². The Morgan fingerprint density at radius 2 is 1.93 bits per heavy atom. The number of rotatable bonds is 5. The van der Waals surface area contributed by atoms with Crippen LogP contribution in [-0.4, -0.2) is 42.0 Å². The molecule has 0 unspecified atom stereocenters. The molecular weight excluding hydrogens is 499 g/mol. The molecule has 1 saturated heterocycles. The number of carbonyl (C=O) groups excluding carboxylic acids is 1. The molecular formula is C20H29IN6OS. The second-order valence-electron chi connectivity index (χ2n) is 6.85. The van der Waals surface area contributed by atoms with Gasteiger partial charge in [0.15, 0.2) is 5.96 Å². The lowest BCUT2D eigenvalue weighted by atomic mass is 10.2. The van der Waals surface area contributed by atoms with E-state index < -0.39 is 0 Å². The highest BCUT2D eigenvalue weighted by Gasteiger charge is 2.17. The summed E-state index contributed by atoms with van der Waals surface area (Å²) in [5.41, 5.74) is 2.97. The number of hydrogen-bond donors (Lipinski definition) is 3. The van der Waals surface area contributed by atoms with Crippen LogP contribution in [0.25, 0.3) is 0 Å². The third-order valence-electron chi connectivity index (χ3n) is 4.73. The van der Waals surface area contributed by atoms with Gasteiger partial charge < -0.3 is 20.9 Å². The number of nitrogens with one attached hydrogen (secondary N) is 3. The number of amides is 2. The van der Waals surface area contributed by atoms with Crippen LogP contribution in [0.2, 0.25) is 0 Å². The van der Waals surface area contributed by atoms with Gasteiger partial charge in [-0.3, -0.25) is 4.99 Å². The molecule has 0 radical (unpaired) electrons. The Morgan fingerprint density at radius 3 is 2.59 bits per heavy atom. The molecule has 0 aliphatic carbocycles. The van der Waals surface area contributed by atoms with Gasteiger partial charge in [0.2, 0.25) is 0 Å². The minimum atomic E-state index is -0.0193. The van der Waals surface area contributed by atoms with Crippen molar-refractivity contribution in [2.75, 3.05) is 25.5 Å². The zero-order valence-electron chi connectivity index (χ0n) is 17.1. The second kappa shape index (κ2) is 11.3. The number of guanidine groups is 1. The average molecular weight is 528 g/mol. The van der Waals surface area contributed by atoms with Gasteiger partial charge in [-0.05, 0) is 44.4 Å². The van der Waals surface area contributed by atoms with Crippen molar-refractivity contribution in [2.24, 2.45) is 4.99 Å². The number of halogens is 1. The zero-order chi connectivity index (χ0) is 19.9. The first-order valence-electron chi connectivity index (χ1n) is 9.57. The molecule has 2 heterocycles. The van der Waals surface area contributed by atoms with E-state index in [1.807, 2.05) is 36.1 Å². The number of anilines is 1. The summed E-state index contributed by atoms with van der Waals surface area (Å²) in [5.74, 6) is 0.719. The third-order valence-corrected chi connectivity index (χ3v) is 5.81. The van der Waals surface area contributed by atoms with E-state index in [1.165, 1.54) is 4.88 Å². The molecule has 3 N–H and O–H groups in total. The molecule has 2 aromatic rings. The molecule has 29 heavy (non-hydrogen) atoms. The van der Waals surface area contributed by atoms with Crippen LogP contribution in [0, 0.1) is 13.8 Å².